The molecule has 0 atom stereocenters. The molecule has 3 aromatic rings. The lowest BCUT2D eigenvalue weighted by Crippen LogP contribution is -2.38. The maximum absolute atomic E-state index is 13.7. The van der Waals surface area contributed by atoms with Crippen LogP contribution in [-0.2, 0) is 11.4 Å². The summed E-state index contributed by atoms with van der Waals surface area (Å²) < 4.78 is 38.4. The predicted octanol–water partition coefficient (Wildman–Crippen LogP) is 4.01. The highest BCUT2D eigenvalue weighted by molar-refractivity contribution is 7.98. The summed E-state index contributed by atoms with van der Waals surface area (Å²) in [4.78, 5) is 25.1. The number of halogens is 2. The maximum Gasteiger partial charge on any atom is 0.323 e. The Morgan fingerprint density at radius 2 is 1.82 bits per heavy atom. The van der Waals surface area contributed by atoms with Crippen molar-refractivity contribution in [3.05, 3.63) is 71.7 Å². The van der Waals surface area contributed by atoms with Crippen LogP contribution in [-0.4, -0.2) is 47.8 Å². The molecule has 0 aliphatic heterocycles. The van der Waals surface area contributed by atoms with E-state index in [1.165, 1.54) is 23.9 Å². The van der Waals surface area contributed by atoms with Crippen molar-refractivity contribution in [2.45, 2.75) is 11.5 Å². The summed E-state index contributed by atoms with van der Waals surface area (Å²) >= 11 is 1.32. The lowest BCUT2D eigenvalue weighted by Gasteiger charge is -2.18. The number of rotatable bonds is 10. The third-order valence-electron chi connectivity index (χ3n) is 4.67. The Bertz CT molecular complexity index is 1130. The fraction of sp³-hybridized carbons (Fsp3) is 0.217. The van der Waals surface area contributed by atoms with Crippen molar-refractivity contribution in [3.8, 4) is 16.9 Å². The van der Waals surface area contributed by atoms with Crippen molar-refractivity contribution in [1.29, 1.82) is 0 Å². The molecule has 1 aromatic heterocycles. The molecule has 2 aromatic carbocycles. The third kappa shape index (κ3) is 6.11. The Balaban J connectivity index is 1.66. The van der Waals surface area contributed by atoms with Gasteiger partial charge in [0.1, 0.15) is 24.7 Å². The summed E-state index contributed by atoms with van der Waals surface area (Å²) in [5.74, 6) is -2.67. The molecule has 0 bridgehead atoms. The summed E-state index contributed by atoms with van der Waals surface area (Å²) in [7, 11) is 0. The number of nitrogens with zero attached hydrogens (tertiary/aromatic N) is 1. The Kier molecular flexibility index (Phi) is 8.07. The van der Waals surface area contributed by atoms with Gasteiger partial charge in [-0.05, 0) is 53.8 Å². The first-order chi connectivity index (χ1) is 15.8. The van der Waals surface area contributed by atoms with Crippen LogP contribution >= 0.6 is 11.8 Å². The SMILES string of the molecule is CSc1cc(F)c(F)cc1-c1ccc(OCc2ccc(C(=O)N(CCN)CC(=O)O)o2)cc1. The molecular weight excluding hydrogens is 454 g/mol. The molecular formula is C23H22F2N2O5S. The molecule has 3 rings (SSSR count). The number of carboxylic acids is 1. The van der Waals surface area contributed by atoms with Gasteiger partial charge < -0.3 is 24.9 Å². The first-order valence-corrected chi connectivity index (χ1v) is 11.1. The van der Waals surface area contributed by atoms with E-state index in [0.717, 1.165) is 11.0 Å². The Labute approximate surface area is 193 Å². The van der Waals surface area contributed by atoms with Gasteiger partial charge in [-0.1, -0.05) is 12.1 Å². The highest BCUT2D eigenvalue weighted by Crippen LogP contribution is 2.33. The monoisotopic (exact) mass is 476 g/mol. The first kappa shape index (κ1) is 24.3. The van der Waals surface area contributed by atoms with E-state index in [2.05, 4.69) is 0 Å². The van der Waals surface area contributed by atoms with Gasteiger partial charge in [-0.15, -0.1) is 11.8 Å². The van der Waals surface area contributed by atoms with Crippen molar-refractivity contribution >= 4 is 23.6 Å². The quantitative estimate of drug-likeness (QED) is 0.426. The van der Waals surface area contributed by atoms with Gasteiger partial charge in [0.2, 0.25) is 0 Å². The Morgan fingerprint density at radius 1 is 1.12 bits per heavy atom. The zero-order valence-electron chi connectivity index (χ0n) is 17.7. The number of hydrogen-bond acceptors (Lipinski definition) is 6. The Morgan fingerprint density at radius 3 is 2.45 bits per heavy atom. The van der Waals surface area contributed by atoms with Crippen LogP contribution in [0.15, 0.2) is 57.8 Å². The molecule has 0 spiro atoms. The van der Waals surface area contributed by atoms with Crippen LogP contribution in [0.25, 0.3) is 11.1 Å². The number of ether oxygens (including phenoxy) is 1. The van der Waals surface area contributed by atoms with Gasteiger partial charge in [0.15, 0.2) is 17.4 Å². The predicted molar refractivity (Wildman–Crippen MR) is 119 cm³/mol. The number of carboxylic acid groups (broad SMARTS) is 1. The summed E-state index contributed by atoms with van der Waals surface area (Å²) in [5, 5.41) is 8.95. The second-order valence-corrected chi connectivity index (χ2v) is 7.80. The zero-order chi connectivity index (χ0) is 24.0. The molecule has 7 nitrogen and oxygen atoms in total. The number of thioether (sulfide) groups is 1. The minimum atomic E-state index is -1.15. The number of carbonyl (C=O) groups excluding carboxylic acids is 1. The van der Waals surface area contributed by atoms with E-state index in [1.807, 2.05) is 0 Å². The topological polar surface area (TPSA) is 106 Å². The van der Waals surface area contributed by atoms with Crippen molar-refractivity contribution in [2.75, 3.05) is 25.9 Å². The van der Waals surface area contributed by atoms with Crippen molar-refractivity contribution < 1.29 is 32.6 Å². The molecule has 0 aliphatic rings. The largest absolute Gasteiger partial charge is 0.486 e. The number of aliphatic carboxylic acids is 1. The molecule has 0 radical (unpaired) electrons. The lowest BCUT2D eigenvalue weighted by atomic mass is 10.1. The van der Waals surface area contributed by atoms with E-state index >= 15 is 0 Å². The van der Waals surface area contributed by atoms with Gasteiger partial charge in [0.25, 0.3) is 5.91 Å². The highest BCUT2D eigenvalue weighted by atomic mass is 32.2. The smallest absolute Gasteiger partial charge is 0.323 e. The molecule has 174 valence electrons. The van der Waals surface area contributed by atoms with Crippen molar-refractivity contribution in [1.82, 2.24) is 4.90 Å². The number of carbonyl (C=O) groups is 2. The van der Waals surface area contributed by atoms with Gasteiger partial charge >= 0.3 is 5.97 Å². The van der Waals surface area contributed by atoms with Crippen LogP contribution in [0.5, 0.6) is 5.75 Å². The molecule has 3 N–H and O–H groups in total. The van der Waals surface area contributed by atoms with Crippen LogP contribution in [0.3, 0.4) is 0 Å². The molecule has 10 heteroatoms. The standard InChI is InChI=1S/C23H22F2N2O5S/c1-33-21-11-19(25)18(24)10-17(21)14-2-4-15(5-3-14)31-13-16-6-7-20(32-16)23(30)27(9-8-26)12-22(28)29/h2-7,10-11H,8-9,12-13,26H2,1H3,(H,28,29). The number of amides is 1. The average molecular weight is 477 g/mol. The van der Waals surface area contributed by atoms with Crippen LogP contribution in [0.1, 0.15) is 16.3 Å². The first-order valence-electron chi connectivity index (χ1n) is 9.88. The number of hydrogen-bond donors (Lipinski definition) is 2. The highest BCUT2D eigenvalue weighted by Gasteiger charge is 2.21. The van der Waals surface area contributed by atoms with Crippen LogP contribution in [0.4, 0.5) is 8.78 Å². The van der Waals surface area contributed by atoms with Crippen LogP contribution in [0.2, 0.25) is 0 Å². The molecule has 0 saturated carbocycles. The summed E-state index contributed by atoms with van der Waals surface area (Å²) in [6.07, 6.45) is 1.78. The third-order valence-corrected chi connectivity index (χ3v) is 5.45. The second-order valence-electron chi connectivity index (χ2n) is 6.95. The van der Waals surface area contributed by atoms with Crippen LogP contribution < -0.4 is 10.5 Å². The number of nitrogens with two attached hydrogens (primary N) is 1. The molecule has 33 heavy (non-hydrogen) atoms. The minimum Gasteiger partial charge on any atom is -0.486 e. The van der Waals surface area contributed by atoms with Crippen molar-refractivity contribution in [3.63, 3.8) is 0 Å². The summed E-state index contributed by atoms with van der Waals surface area (Å²) in [6.45, 7) is -0.246. The second kappa shape index (κ2) is 11.0. The number of benzene rings is 2. The fourth-order valence-electron chi connectivity index (χ4n) is 3.11. The van der Waals surface area contributed by atoms with E-state index in [1.54, 1.807) is 36.6 Å². The summed E-state index contributed by atoms with van der Waals surface area (Å²) in [5.41, 5.74) is 6.72. The summed E-state index contributed by atoms with van der Waals surface area (Å²) in [6, 6.07) is 12.2. The molecule has 1 amide bonds. The van der Waals surface area contributed by atoms with Gasteiger partial charge in [0, 0.05) is 18.0 Å². The van der Waals surface area contributed by atoms with E-state index in [-0.39, 0.29) is 25.5 Å². The van der Waals surface area contributed by atoms with E-state index in [4.69, 9.17) is 20.0 Å². The van der Waals surface area contributed by atoms with Crippen LogP contribution in [0, 0.1) is 11.6 Å². The van der Waals surface area contributed by atoms with Gasteiger partial charge in [-0.2, -0.15) is 0 Å². The molecule has 0 unspecified atom stereocenters. The van der Waals surface area contributed by atoms with E-state index < -0.39 is 30.1 Å². The average Bonchev–Trinajstić information content (AvgIpc) is 3.27. The van der Waals surface area contributed by atoms with E-state index in [0.29, 0.717) is 27.5 Å². The van der Waals surface area contributed by atoms with Crippen molar-refractivity contribution in [2.24, 2.45) is 5.73 Å². The minimum absolute atomic E-state index is 0.0124. The fourth-order valence-corrected chi connectivity index (χ4v) is 3.72. The normalized spacial score (nSPS) is 10.8. The van der Waals surface area contributed by atoms with E-state index in [9.17, 15) is 18.4 Å². The lowest BCUT2D eigenvalue weighted by molar-refractivity contribution is -0.137. The maximum atomic E-state index is 13.7. The molecule has 1 heterocycles. The molecule has 0 aliphatic carbocycles. The van der Waals surface area contributed by atoms with Gasteiger partial charge in [0.05, 0.1) is 0 Å². The Hall–Kier alpha value is -3.37. The number of furan rings is 1. The zero-order valence-corrected chi connectivity index (χ0v) is 18.5. The molecule has 0 saturated heterocycles. The van der Waals surface area contributed by atoms with Gasteiger partial charge in [-0.25, -0.2) is 8.78 Å². The van der Waals surface area contributed by atoms with Gasteiger partial charge in [-0.3, -0.25) is 9.59 Å². The molecule has 0 fully saturated rings.